The van der Waals surface area contributed by atoms with Gasteiger partial charge in [0.05, 0.1) is 37.3 Å². The van der Waals surface area contributed by atoms with Gasteiger partial charge in [-0.05, 0) is 19.8 Å². The van der Waals surface area contributed by atoms with E-state index in [1.165, 1.54) is 0 Å². The molecule has 25 heavy (non-hydrogen) atoms. The number of thioether (sulfide) groups is 1. The molecule has 4 heterocycles. The van der Waals surface area contributed by atoms with Crippen molar-refractivity contribution < 1.29 is 14.0 Å². The number of nitrogens with zero attached hydrogens (tertiary/aromatic N) is 5. The summed E-state index contributed by atoms with van der Waals surface area (Å²) in [5, 5.41) is 13.7. The summed E-state index contributed by atoms with van der Waals surface area (Å²) in [5.41, 5.74) is 0.894. The fourth-order valence-electron chi connectivity index (χ4n) is 3.16. The van der Waals surface area contributed by atoms with Crippen LogP contribution in [0, 0.1) is 6.92 Å². The van der Waals surface area contributed by atoms with Crippen LogP contribution in [0.5, 0.6) is 0 Å². The number of aromatic nitrogens is 4. The highest BCUT2D eigenvalue weighted by Crippen LogP contribution is 2.28. The topological polar surface area (TPSA) is 78.4 Å². The number of morpholine rings is 1. The van der Waals surface area contributed by atoms with Crippen LogP contribution in [0.2, 0.25) is 0 Å². The zero-order valence-corrected chi connectivity index (χ0v) is 15.2. The van der Waals surface area contributed by atoms with Crippen molar-refractivity contribution in [2.75, 3.05) is 37.8 Å². The van der Waals surface area contributed by atoms with Crippen molar-refractivity contribution in [1.29, 1.82) is 0 Å². The van der Waals surface area contributed by atoms with E-state index in [-0.39, 0.29) is 6.10 Å². The van der Waals surface area contributed by atoms with E-state index in [1.54, 1.807) is 11.8 Å². The first kappa shape index (κ1) is 16.9. The highest BCUT2D eigenvalue weighted by Gasteiger charge is 2.25. The highest BCUT2D eigenvalue weighted by molar-refractivity contribution is 7.98. The molecular weight excluding hydrogens is 342 g/mol. The first-order chi connectivity index (χ1) is 12.3. The third-order valence-electron chi connectivity index (χ3n) is 4.42. The fourth-order valence-corrected chi connectivity index (χ4v) is 3.97. The Hall–Kier alpha value is -1.58. The van der Waals surface area contributed by atoms with Crippen molar-refractivity contribution in [3.05, 3.63) is 17.5 Å². The van der Waals surface area contributed by atoms with Gasteiger partial charge in [0.15, 0.2) is 5.16 Å². The minimum atomic E-state index is 0.239. The molecule has 0 bridgehead atoms. The molecule has 136 valence electrons. The smallest absolute Gasteiger partial charge is 0.228 e. The van der Waals surface area contributed by atoms with Crippen LogP contribution in [0.4, 0.5) is 5.95 Å². The van der Waals surface area contributed by atoms with E-state index in [1.807, 2.05) is 13.0 Å². The molecule has 2 aliphatic heterocycles. The lowest BCUT2D eigenvalue weighted by atomic mass is 10.2. The van der Waals surface area contributed by atoms with Crippen LogP contribution in [0.3, 0.4) is 0 Å². The lowest BCUT2D eigenvalue weighted by Crippen LogP contribution is -2.38. The van der Waals surface area contributed by atoms with Gasteiger partial charge in [-0.3, -0.25) is 4.57 Å². The van der Waals surface area contributed by atoms with Crippen LogP contribution >= 0.6 is 11.8 Å². The Morgan fingerprint density at radius 2 is 2.12 bits per heavy atom. The van der Waals surface area contributed by atoms with Crippen molar-refractivity contribution in [2.24, 2.45) is 0 Å². The number of anilines is 1. The Balaban J connectivity index is 1.52. The molecule has 0 aromatic carbocycles. The van der Waals surface area contributed by atoms with Crippen LogP contribution in [0.15, 0.2) is 15.7 Å². The molecule has 1 atom stereocenters. The van der Waals surface area contributed by atoms with Gasteiger partial charge in [-0.25, -0.2) is 0 Å². The molecule has 0 aliphatic carbocycles. The van der Waals surface area contributed by atoms with E-state index >= 15 is 0 Å². The summed E-state index contributed by atoms with van der Waals surface area (Å²) in [5.74, 6) is 2.45. The molecule has 4 rings (SSSR count). The molecule has 0 radical (unpaired) electrons. The molecule has 2 saturated heterocycles. The van der Waals surface area contributed by atoms with Crippen LogP contribution in [-0.2, 0) is 21.8 Å². The largest absolute Gasteiger partial charge is 0.378 e. The SMILES string of the molecule is Cc1cc(CSc2nnc(N3CCOCC3)n2CC2CCCO2)on1. The molecule has 0 saturated carbocycles. The lowest BCUT2D eigenvalue weighted by molar-refractivity contribution is 0.0942. The minimum Gasteiger partial charge on any atom is -0.378 e. The second-order valence-corrected chi connectivity index (χ2v) is 7.29. The van der Waals surface area contributed by atoms with Crippen molar-refractivity contribution in [1.82, 2.24) is 19.9 Å². The molecule has 8 nitrogen and oxygen atoms in total. The molecule has 2 aromatic heterocycles. The second kappa shape index (κ2) is 7.76. The maximum absolute atomic E-state index is 5.83. The lowest BCUT2D eigenvalue weighted by Gasteiger charge is -2.28. The third kappa shape index (κ3) is 3.99. The van der Waals surface area contributed by atoms with Gasteiger partial charge in [-0.15, -0.1) is 10.2 Å². The Kier molecular flexibility index (Phi) is 5.23. The monoisotopic (exact) mass is 365 g/mol. The molecule has 2 aromatic rings. The summed E-state index contributed by atoms with van der Waals surface area (Å²) < 4.78 is 18.8. The summed E-state index contributed by atoms with van der Waals surface area (Å²) in [6.45, 7) is 6.70. The maximum atomic E-state index is 5.83. The molecule has 0 N–H and O–H groups in total. The quantitative estimate of drug-likeness (QED) is 0.718. The summed E-state index contributed by atoms with van der Waals surface area (Å²) >= 11 is 1.62. The Labute approximate surface area is 150 Å². The zero-order chi connectivity index (χ0) is 17.1. The predicted octanol–water partition coefficient (Wildman–Crippen LogP) is 1.88. The van der Waals surface area contributed by atoms with Gasteiger partial charge >= 0.3 is 0 Å². The Morgan fingerprint density at radius 1 is 1.24 bits per heavy atom. The average Bonchev–Trinajstić information content (AvgIpc) is 3.36. The summed E-state index contributed by atoms with van der Waals surface area (Å²) in [6.07, 6.45) is 2.45. The van der Waals surface area contributed by atoms with E-state index in [0.717, 1.165) is 74.9 Å². The van der Waals surface area contributed by atoms with Crippen molar-refractivity contribution >= 4 is 17.7 Å². The number of hydrogen-bond donors (Lipinski definition) is 0. The van der Waals surface area contributed by atoms with Crippen molar-refractivity contribution in [3.8, 4) is 0 Å². The fraction of sp³-hybridized carbons (Fsp3) is 0.688. The van der Waals surface area contributed by atoms with Gasteiger partial charge in [0.25, 0.3) is 0 Å². The number of rotatable bonds is 6. The van der Waals surface area contributed by atoms with Gasteiger partial charge in [0.2, 0.25) is 5.95 Å². The molecular formula is C16H23N5O3S. The van der Waals surface area contributed by atoms with Crippen LogP contribution in [0.1, 0.15) is 24.3 Å². The number of aryl methyl sites for hydroxylation is 1. The molecule has 0 spiro atoms. The zero-order valence-electron chi connectivity index (χ0n) is 14.4. The first-order valence-electron chi connectivity index (χ1n) is 8.72. The van der Waals surface area contributed by atoms with E-state index < -0.39 is 0 Å². The highest BCUT2D eigenvalue weighted by atomic mass is 32.2. The number of hydrogen-bond acceptors (Lipinski definition) is 8. The predicted molar refractivity (Wildman–Crippen MR) is 92.8 cm³/mol. The molecule has 2 fully saturated rings. The number of ether oxygens (including phenoxy) is 2. The molecule has 1 unspecified atom stereocenters. The van der Waals surface area contributed by atoms with Gasteiger partial charge < -0.3 is 18.9 Å². The maximum Gasteiger partial charge on any atom is 0.228 e. The van der Waals surface area contributed by atoms with Gasteiger partial charge in [0.1, 0.15) is 5.76 Å². The van der Waals surface area contributed by atoms with E-state index in [2.05, 4.69) is 24.8 Å². The van der Waals surface area contributed by atoms with Crippen LogP contribution in [-0.4, -0.2) is 58.9 Å². The first-order valence-corrected chi connectivity index (χ1v) is 9.70. The average molecular weight is 365 g/mol. The Morgan fingerprint density at radius 3 is 2.84 bits per heavy atom. The van der Waals surface area contributed by atoms with Crippen molar-refractivity contribution in [3.63, 3.8) is 0 Å². The molecule has 9 heteroatoms. The third-order valence-corrected chi connectivity index (χ3v) is 5.41. The molecule has 0 amide bonds. The Bertz CT molecular complexity index is 692. The standard InChI is InChI=1S/C16H23N5O3S/c1-12-9-14(24-19-12)11-25-16-18-17-15(20-4-7-22-8-5-20)21(16)10-13-3-2-6-23-13/h9,13H,2-8,10-11H2,1H3. The van der Waals surface area contributed by atoms with Gasteiger partial charge in [-0.2, -0.15) is 0 Å². The van der Waals surface area contributed by atoms with Crippen molar-refractivity contribution in [2.45, 2.75) is 43.3 Å². The summed E-state index contributed by atoms with van der Waals surface area (Å²) in [6, 6.07) is 1.96. The minimum absolute atomic E-state index is 0.239. The summed E-state index contributed by atoms with van der Waals surface area (Å²) in [4.78, 5) is 2.24. The van der Waals surface area contributed by atoms with Gasteiger partial charge in [0, 0.05) is 25.8 Å². The summed E-state index contributed by atoms with van der Waals surface area (Å²) in [7, 11) is 0. The second-order valence-electron chi connectivity index (χ2n) is 6.35. The van der Waals surface area contributed by atoms with Crippen LogP contribution in [0.25, 0.3) is 0 Å². The normalized spacial score (nSPS) is 21.2. The van der Waals surface area contributed by atoms with E-state index in [9.17, 15) is 0 Å². The van der Waals surface area contributed by atoms with E-state index in [0.29, 0.717) is 5.75 Å². The van der Waals surface area contributed by atoms with Crippen LogP contribution < -0.4 is 4.90 Å². The van der Waals surface area contributed by atoms with Gasteiger partial charge in [-0.1, -0.05) is 16.9 Å². The van der Waals surface area contributed by atoms with E-state index in [4.69, 9.17) is 14.0 Å². The molecule has 2 aliphatic rings.